The van der Waals surface area contributed by atoms with Crippen molar-refractivity contribution >= 4 is 22.2 Å². The summed E-state index contributed by atoms with van der Waals surface area (Å²) in [5.41, 5.74) is 4.09. The molecule has 1 saturated heterocycles. The lowest BCUT2D eigenvalue weighted by Crippen LogP contribution is -2.39. The molecule has 5 heterocycles. The molecule has 0 radical (unpaired) electrons. The molecule has 8 nitrogen and oxygen atoms in total. The number of H-pyrrole nitrogens is 2. The van der Waals surface area contributed by atoms with Crippen molar-refractivity contribution in [3.05, 3.63) is 47.3 Å². The predicted octanol–water partition coefficient (Wildman–Crippen LogP) is 1.60. The molecule has 0 aliphatic carbocycles. The molecule has 1 aliphatic heterocycles. The molecule has 0 atom stereocenters. The summed E-state index contributed by atoms with van der Waals surface area (Å²) >= 11 is 0. The van der Waals surface area contributed by atoms with Crippen molar-refractivity contribution in [1.29, 1.82) is 0 Å². The third-order valence-electron chi connectivity index (χ3n) is 5.11. The van der Waals surface area contributed by atoms with Gasteiger partial charge >= 0.3 is 5.69 Å². The van der Waals surface area contributed by atoms with Crippen LogP contribution in [0.1, 0.15) is 0 Å². The van der Waals surface area contributed by atoms with E-state index < -0.39 is 0 Å². The molecule has 8 heteroatoms. The third kappa shape index (κ3) is 3.02. The number of rotatable bonds is 4. The number of aromatic nitrogens is 5. The summed E-state index contributed by atoms with van der Waals surface area (Å²) in [6, 6.07) is 6.08. The zero-order valence-corrected chi connectivity index (χ0v) is 14.8. The maximum Gasteiger partial charge on any atom is 0.327 e. The smallest absolute Gasteiger partial charge is 0.327 e. The van der Waals surface area contributed by atoms with Crippen molar-refractivity contribution in [2.75, 3.05) is 32.8 Å². The SMILES string of the molecule is O=c1[nH]c2ncc(-c3cnc4[nH]ccc4c3)cc2n1CCN1CCOCC1. The van der Waals surface area contributed by atoms with E-state index in [2.05, 4.69) is 30.9 Å². The van der Waals surface area contributed by atoms with Crippen molar-refractivity contribution in [2.45, 2.75) is 6.54 Å². The fourth-order valence-electron chi connectivity index (χ4n) is 3.58. The quantitative estimate of drug-likeness (QED) is 0.574. The number of nitrogens with one attached hydrogen (secondary N) is 2. The van der Waals surface area contributed by atoms with E-state index in [1.807, 2.05) is 24.5 Å². The number of pyridine rings is 2. The lowest BCUT2D eigenvalue weighted by Gasteiger charge is -2.26. The van der Waals surface area contributed by atoms with Gasteiger partial charge in [-0.1, -0.05) is 0 Å². The Morgan fingerprint density at radius 2 is 1.81 bits per heavy atom. The van der Waals surface area contributed by atoms with Gasteiger partial charge in [-0.2, -0.15) is 0 Å². The Kier molecular flexibility index (Phi) is 3.99. The molecule has 5 rings (SSSR count). The molecule has 4 aromatic heterocycles. The molecular formula is C19H20N6O2. The van der Waals surface area contributed by atoms with E-state index in [-0.39, 0.29) is 5.69 Å². The fraction of sp³-hybridized carbons (Fsp3) is 0.316. The van der Waals surface area contributed by atoms with E-state index in [0.717, 1.165) is 60.5 Å². The van der Waals surface area contributed by atoms with Gasteiger partial charge in [-0.05, 0) is 18.2 Å². The zero-order chi connectivity index (χ0) is 18.2. The number of hydrogen-bond donors (Lipinski definition) is 2. The number of aromatic amines is 2. The molecule has 0 unspecified atom stereocenters. The molecule has 0 aromatic carbocycles. The Labute approximate surface area is 154 Å². The highest BCUT2D eigenvalue weighted by atomic mass is 16.5. The van der Waals surface area contributed by atoms with Crippen molar-refractivity contribution in [3.8, 4) is 11.1 Å². The summed E-state index contributed by atoms with van der Waals surface area (Å²) in [5.74, 6) is 0. The summed E-state index contributed by atoms with van der Waals surface area (Å²) in [6.45, 7) is 4.76. The van der Waals surface area contributed by atoms with Crippen molar-refractivity contribution in [1.82, 2.24) is 29.4 Å². The van der Waals surface area contributed by atoms with Crippen LogP contribution in [0.5, 0.6) is 0 Å². The maximum absolute atomic E-state index is 12.4. The highest BCUT2D eigenvalue weighted by molar-refractivity contribution is 5.84. The van der Waals surface area contributed by atoms with Gasteiger partial charge in [0, 0.05) is 61.3 Å². The fourth-order valence-corrected chi connectivity index (χ4v) is 3.58. The largest absolute Gasteiger partial charge is 0.379 e. The van der Waals surface area contributed by atoms with Gasteiger partial charge < -0.3 is 9.72 Å². The lowest BCUT2D eigenvalue weighted by atomic mass is 10.1. The van der Waals surface area contributed by atoms with Crippen LogP contribution in [0.25, 0.3) is 33.3 Å². The predicted molar refractivity (Wildman–Crippen MR) is 103 cm³/mol. The van der Waals surface area contributed by atoms with Crippen molar-refractivity contribution < 1.29 is 4.74 Å². The van der Waals surface area contributed by atoms with E-state index in [4.69, 9.17) is 4.74 Å². The minimum Gasteiger partial charge on any atom is -0.379 e. The van der Waals surface area contributed by atoms with Crippen LogP contribution in [0.2, 0.25) is 0 Å². The summed E-state index contributed by atoms with van der Waals surface area (Å²) in [6.07, 6.45) is 5.48. The molecule has 27 heavy (non-hydrogen) atoms. The molecule has 138 valence electrons. The first-order valence-electron chi connectivity index (χ1n) is 9.10. The highest BCUT2D eigenvalue weighted by Gasteiger charge is 2.14. The van der Waals surface area contributed by atoms with Gasteiger partial charge in [0.1, 0.15) is 5.65 Å². The molecule has 2 N–H and O–H groups in total. The Morgan fingerprint density at radius 3 is 2.67 bits per heavy atom. The maximum atomic E-state index is 12.4. The second-order valence-corrected chi connectivity index (χ2v) is 6.77. The molecule has 0 saturated carbocycles. The van der Waals surface area contributed by atoms with Gasteiger partial charge in [0.05, 0.1) is 18.7 Å². The monoisotopic (exact) mass is 364 g/mol. The number of ether oxygens (including phenoxy) is 1. The molecule has 0 spiro atoms. The molecule has 0 amide bonds. The Morgan fingerprint density at radius 1 is 1.04 bits per heavy atom. The molecule has 4 aromatic rings. The first-order chi connectivity index (χ1) is 13.3. The number of imidazole rings is 1. The topological polar surface area (TPSA) is 91.8 Å². The number of morpholine rings is 1. The average Bonchev–Trinajstić information content (AvgIpc) is 3.29. The minimum absolute atomic E-state index is 0.123. The first kappa shape index (κ1) is 16.2. The van der Waals surface area contributed by atoms with Gasteiger partial charge in [0.15, 0.2) is 5.65 Å². The highest BCUT2D eigenvalue weighted by Crippen LogP contribution is 2.24. The van der Waals surface area contributed by atoms with Gasteiger partial charge in [0.2, 0.25) is 0 Å². The number of hydrogen-bond acceptors (Lipinski definition) is 5. The summed E-state index contributed by atoms with van der Waals surface area (Å²) in [7, 11) is 0. The van der Waals surface area contributed by atoms with Gasteiger partial charge in [-0.3, -0.25) is 14.5 Å². The number of fused-ring (bicyclic) bond motifs is 2. The van der Waals surface area contributed by atoms with E-state index in [1.54, 1.807) is 10.8 Å². The van der Waals surface area contributed by atoms with Crippen LogP contribution >= 0.6 is 0 Å². The summed E-state index contributed by atoms with van der Waals surface area (Å²) in [5, 5.41) is 1.05. The normalized spacial score (nSPS) is 15.7. The van der Waals surface area contributed by atoms with Gasteiger partial charge in [-0.25, -0.2) is 14.8 Å². The molecule has 0 bridgehead atoms. The Bertz CT molecular complexity index is 1150. The van der Waals surface area contributed by atoms with E-state index in [1.165, 1.54) is 0 Å². The van der Waals surface area contributed by atoms with E-state index in [9.17, 15) is 4.79 Å². The van der Waals surface area contributed by atoms with Crippen LogP contribution in [0, 0.1) is 0 Å². The van der Waals surface area contributed by atoms with Crippen LogP contribution < -0.4 is 5.69 Å². The summed E-state index contributed by atoms with van der Waals surface area (Å²) in [4.78, 5) is 29.6. The van der Waals surface area contributed by atoms with Crippen molar-refractivity contribution in [2.24, 2.45) is 0 Å². The second-order valence-electron chi connectivity index (χ2n) is 6.77. The second kappa shape index (κ2) is 6.64. The lowest BCUT2D eigenvalue weighted by molar-refractivity contribution is 0.0364. The molecular weight excluding hydrogens is 344 g/mol. The Hall–Kier alpha value is -2.97. The average molecular weight is 364 g/mol. The molecule has 1 aliphatic rings. The zero-order valence-electron chi connectivity index (χ0n) is 14.8. The van der Waals surface area contributed by atoms with Crippen LogP contribution in [-0.2, 0) is 11.3 Å². The van der Waals surface area contributed by atoms with Crippen LogP contribution in [-0.4, -0.2) is 62.3 Å². The van der Waals surface area contributed by atoms with Gasteiger partial charge in [-0.15, -0.1) is 0 Å². The van der Waals surface area contributed by atoms with Crippen LogP contribution in [0.15, 0.2) is 41.6 Å². The summed E-state index contributed by atoms with van der Waals surface area (Å²) < 4.78 is 7.15. The number of nitrogens with zero attached hydrogens (tertiary/aromatic N) is 4. The molecule has 1 fully saturated rings. The standard InChI is InChI=1S/C19H20N6O2/c26-19-23-18-16(25(19)4-3-24-5-7-27-8-6-24)10-15(12-22-18)14-9-13-1-2-20-17(13)21-11-14/h1-2,9-12H,3-8H2,(H,20,21)(H,22,23,26). The van der Waals surface area contributed by atoms with Crippen molar-refractivity contribution in [3.63, 3.8) is 0 Å². The minimum atomic E-state index is -0.123. The van der Waals surface area contributed by atoms with Gasteiger partial charge in [0.25, 0.3) is 0 Å². The van der Waals surface area contributed by atoms with E-state index >= 15 is 0 Å². The van der Waals surface area contributed by atoms with Crippen LogP contribution in [0.3, 0.4) is 0 Å². The first-order valence-corrected chi connectivity index (χ1v) is 9.10. The van der Waals surface area contributed by atoms with E-state index in [0.29, 0.717) is 12.2 Å². The van der Waals surface area contributed by atoms with Crippen LogP contribution in [0.4, 0.5) is 0 Å². The third-order valence-corrected chi connectivity index (χ3v) is 5.11. The Balaban J connectivity index is 1.49.